The van der Waals surface area contributed by atoms with Crippen LogP contribution in [-0.2, 0) is 4.84 Å². The molecule has 0 unspecified atom stereocenters. The van der Waals surface area contributed by atoms with Gasteiger partial charge in [0.1, 0.15) is 11.6 Å². The molecule has 7 nitrogen and oxygen atoms in total. The molecule has 2 saturated heterocycles. The number of nitrogens with zero attached hydrogens (tertiary/aromatic N) is 6. The number of anilines is 1. The van der Waals surface area contributed by atoms with E-state index in [2.05, 4.69) is 36.7 Å². The highest BCUT2D eigenvalue weighted by Crippen LogP contribution is 2.50. The lowest BCUT2D eigenvalue weighted by molar-refractivity contribution is -0.151. The normalized spacial score (nSPS) is 27.5. The summed E-state index contributed by atoms with van der Waals surface area (Å²) in [5.41, 5.74) is 1.83. The van der Waals surface area contributed by atoms with Crippen molar-refractivity contribution in [3.63, 3.8) is 0 Å². The molecule has 2 aromatic heterocycles. The average molecular weight is 413 g/mol. The first-order valence-electron chi connectivity index (χ1n) is 10.9. The van der Waals surface area contributed by atoms with Crippen LogP contribution in [0.2, 0.25) is 0 Å². The predicted molar refractivity (Wildman–Crippen MR) is 112 cm³/mol. The number of pyridine rings is 1. The number of piperazine rings is 1. The number of hydrogen-bond donors (Lipinski definition) is 0. The van der Waals surface area contributed by atoms with Gasteiger partial charge in [-0.25, -0.2) is 9.37 Å². The molecule has 0 bridgehead atoms. The van der Waals surface area contributed by atoms with Gasteiger partial charge in [-0.15, -0.1) is 0 Å². The lowest BCUT2D eigenvalue weighted by Gasteiger charge is -2.52. The third-order valence-electron chi connectivity index (χ3n) is 6.85. The summed E-state index contributed by atoms with van der Waals surface area (Å²) in [5, 5.41) is 2.16. The van der Waals surface area contributed by atoms with Gasteiger partial charge in [-0.1, -0.05) is 0 Å². The first-order chi connectivity index (χ1) is 14.7. The van der Waals surface area contributed by atoms with Crippen molar-refractivity contribution in [2.45, 2.75) is 32.2 Å². The Morgan fingerprint density at radius 2 is 1.93 bits per heavy atom. The molecule has 0 atom stereocenters. The topological polar surface area (TPSA) is 57.6 Å². The zero-order chi connectivity index (χ0) is 20.6. The molecule has 0 N–H and O–H groups in total. The van der Waals surface area contributed by atoms with Crippen molar-refractivity contribution < 1.29 is 9.23 Å². The summed E-state index contributed by atoms with van der Waals surface area (Å²) >= 11 is 0. The van der Waals surface area contributed by atoms with Gasteiger partial charge >= 0.3 is 0 Å². The van der Waals surface area contributed by atoms with Gasteiger partial charge in [0.15, 0.2) is 0 Å². The van der Waals surface area contributed by atoms with Gasteiger partial charge in [-0.3, -0.25) is 19.7 Å². The van der Waals surface area contributed by atoms with E-state index in [1.165, 1.54) is 31.5 Å². The van der Waals surface area contributed by atoms with Gasteiger partial charge < -0.3 is 4.90 Å². The molecule has 4 heterocycles. The van der Waals surface area contributed by atoms with Crippen molar-refractivity contribution in [3.8, 4) is 11.3 Å². The van der Waals surface area contributed by atoms with Crippen molar-refractivity contribution in [3.05, 3.63) is 36.7 Å². The van der Waals surface area contributed by atoms with E-state index in [-0.39, 0.29) is 5.82 Å². The maximum atomic E-state index is 13.9. The number of hydroxylamine groups is 2. The standard InChI is InChI=1S/C22H29FN6O/c1-2-30-29-6-3-22(16-29)12-18(13-22)27-7-9-28(10-8-27)21-19(11-17(23)14-26-21)20-15-24-4-5-25-20/h4-5,11,14-15,18H,2-3,6-10,12-13,16H2,1H3. The quantitative estimate of drug-likeness (QED) is 0.748. The van der Waals surface area contributed by atoms with E-state index in [4.69, 9.17) is 4.84 Å². The van der Waals surface area contributed by atoms with Gasteiger partial charge in [-0.05, 0) is 37.7 Å². The molecule has 1 saturated carbocycles. The molecule has 8 heteroatoms. The van der Waals surface area contributed by atoms with Gasteiger partial charge in [0.25, 0.3) is 0 Å². The molecule has 2 aromatic rings. The molecule has 1 aliphatic carbocycles. The molecule has 0 radical (unpaired) electrons. The van der Waals surface area contributed by atoms with Gasteiger partial charge in [0.2, 0.25) is 0 Å². The summed E-state index contributed by atoms with van der Waals surface area (Å²) in [6.45, 7) is 8.76. The molecule has 3 fully saturated rings. The van der Waals surface area contributed by atoms with E-state index < -0.39 is 0 Å². The van der Waals surface area contributed by atoms with Crippen molar-refractivity contribution in [1.82, 2.24) is 24.9 Å². The third kappa shape index (κ3) is 3.79. The van der Waals surface area contributed by atoms with Gasteiger partial charge in [0, 0.05) is 63.3 Å². The van der Waals surface area contributed by atoms with Gasteiger partial charge in [-0.2, -0.15) is 5.06 Å². The molecule has 30 heavy (non-hydrogen) atoms. The summed E-state index contributed by atoms with van der Waals surface area (Å²) in [6.07, 6.45) is 10.0. The van der Waals surface area contributed by atoms with E-state index in [9.17, 15) is 4.39 Å². The van der Waals surface area contributed by atoms with Crippen LogP contribution < -0.4 is 4.90 Å². The Hall–Kier alpha value is -2.16. The number of halogens is 1. The summed E-state index contributed by atoms with van der Waals surface area (Å²) in [5.74, 6) is 0.445. The SMILES string of the molecule is CCON1CCC2(CC(N3CCN(c4ncc(F)cc4-c4cnccn4)CC3)C2)C1. The highest BCUT2D eigenvalue weighted by atomic mass is 19.1. The third-order valence-corrected chi connectivity index (χ3v) is 6.85. The van der Waals surface area contributed by atoms with Crippen molar-refractivity contribution in [2.75, 3.05) is 50.8 Å². The first kappa shape index (κ1) is 19.8. The lowest BCUT2D eigenvalue weighted by atomic mass is 9.64. The van der Waals surface area contributed by atoms with Crippen LogP contribution >= 0.6 is 0 Å². The summed E-state index contributed by atoms with van der Waals surface area (Å²) in [7, 11) is 0. The smallest absolute Gasteiger partial charge is 0.142 e. The molecule has 5 rings (SSSR count). The molecule has 160 valence electrons. The zero-order valence-electron chi connectivity index (χ0n) is 17.5. The van der Waals surface area contributed by atoms with Crippen LogP contribution in [0.25, 0.3) is 11.3 Å². The minimum atomic E-state index is -0.351. The second-order valence-electron chi connectivity index (χ2n) is 8.73. The Labute approximate surface area is 176 Å². The van der Waals surface area contributed by atoms with Crippen LogP contribution in [0.4, 0.5) is 10.2 Å². The minimum absolute atomic E-state index is 0.351. The van der Waals surface area contributed by atoms with Crippen molar-refractivity contribution in [2.24, 2.45) is 5.41 Å². The fourth-order valence-electron chi connectivity index (χ4n) is 5.33. The Bertz CT molecular complexity index is 867. The summed E-state index contributed by atoms with van der Waals surface area (Å²) in [6, 6.07) is 2.19. The van der Waals surface area contributed by atoms with E-state index in [1.807, 2.05) is 0 Å². The van der Waals surface area contributed by atoms with E-state index >= 15 is 0 Å². The number of hydrogen-bond acceptors (Lipinski definition) is 7. The Balaban J connectivity index is 1.21. The predicted octanol–water partition coefficient (Wildman–Crippen LogP) is 2.61. The maximum Gasteiger partial charge on any atom is 0.142 e. The van der Waals surface area contributed by atoms with Crippen LogP contribution in [-0.4, -0.2) is 76.8 Å². The number of aromatic nitrogens is 3. The Morgan fingerprint density at radius 1 is 1.10 bits per heavy atom. The Morgan fingerprint density at radius 3 is 2.67 bits per heavy atom. The van der Waals surface area contributed by atoms with Crippen LogP contribution in [0.5, 0.6) is 0 Å². The largest absolute Gasteiger partial charge is 0.353 e. The van der Waals surface area contributed by atoms with Crippen LogP contribution in [0.15, 0.2) is 30.9 Å². The van der Waals surface area contributed by atoms with Crippen molar-refractivity contribution in [1.29, 1.82) is 0 Å². The molecule has 2 aliphatic heterocycles. The van der Waals surface area contributed by atoms with Crippen molar-refractivity contribution >= 4 is 5.82 Å². The molecule has 1 spiro atoms. The lowest BCUT2D eigenvalue weighted by Crippen LogP contribution is -2.57. The van der Waals surface area contributed by atoms with Crippen LogP contribution in [0, 0.1) is 11.2 Å². The number of rotatable bonds is 5. The zero-order valence-corrected chi connectivity index (χ0v) is 17.5. The molecular weight excluding hydrogens is 383 g/mol. The Kier molecular flexibility index (Phi) is 5.39. The van der Waals surface area contributed by atoms with E-state index in [1.54, 1.807) is 18.6 Å². The van der Waals surface area contributed by atoms with E-state index in [0.29, 0.717) is 22.7 Å². The first-order valence-corrected chi connectivity index (χ1v) is 10.9. The van der Waals surface area contributed by atoms with Crippen LogP contribution in [0.1, 0.15) is 26.2 Å². The summed E-state index contributed by atoms with van der Waals surface area (Å²) in [4.78, 5) is 23.5. The fraction of sp³-hybridized carbons (Fsp3) is 0.591. The summed E-state index contributed by atoms with van der Waals surface area (Å²) < 4.78 is 13.9. The molecular formula is C22H29FN6O. The minimum Gasteiger partial charge on any atom is -0.353 e. The second kappa shape index (κ2) is 8.17. The molecule has 0 amide bonds. The highest BCUT2D eigenvalue weighted by Gasteiger charge is 2.50. The fourth-order valence-corrected chi connectivity index (χ4v) is 5.33. The van der Waals surface area contributed by atoms with Gasteiger partial charge in [0.05, 0.1) is 24.7 Å². The highest BCUT2D eigenvalue weighted by molar-refractivity contribution is 5.72. The maximum absolute atomic E-state index is 13.9. The average Bonchev–Trinajstić information content (AvgIpc) is 3.18. The monoisotopic (exact) mass is 412 g/mol. The van der Waals surface area contributed by atoms with E-state index in [0.717, 1.165) is 51.7 Å². The van der Waals surface area contributed by atoms with Crippen LogP contribution in [0.3, 0.4) is 0 Å². The second-order valence-corrected chi connectivity index (χ2v) is 8.73. The molecule has 3 aliphatic rings. The molecule has 0 aromatic carbocycles.